The number of carbonyl (C=O) groups excluding carboxylic acids is 1. The Morgan fingerprint density at radius 1 is 1.32 bits per heavy atom. The first-order chi connectivity index (χ1) is 9.15. The van der Waals surface area contributed by atoms with Crippen LogP contribution in [-0.2, 0) is 17.6 Å². The minimum Gasteiger partial charge on any atom is -0.481 e. The number of likely N-dealkylation sites (tertiary alicyclic amines) is 1. The van der Waals surface area contributed by atoms with Crippen molar-refractivity contribution in [3.8, 4) is 0 Å². The van der Waals surface area contributed by atoms with Gasteiger partial charge >= 0.3 is 5.97 Å². The molecule has 1 fully saturated rings. The average Bonchev–Trinajstić information content (AvgIpc) is 2.76. The van der Waals surface area contributed by atoms with Crippen molar-refractivity contribution in [3.05, 3.63) is 21.4 Å². The summed E-state index contributed by atoms with van der Waals surface area (Å²) in [4.78, 5) is 26.1. The number of carboxylic acid groups (broad SMARTS) is 1. The van der Waals surface area contributed by atoms with Crippen LogP contribution in [-0.4, -0.2) is 35.0 Å². The summed E-state index contributed by atoms with van der Waals surface area (Å²) in [7, 11) is 0. The molecule has 1 aromatic heterocycles. The average molecular weight is 279 g/mol. The molecule has 5 heteroatoms. The molecule has 0 spiro atoms. The van der Waals surface area contributed by atoms with Crippen LogP contribution in [0.2, 0.25) is 0 Å². The van der Waals surface area contributed by atoms with Gasteiger partial charge in [-0.05, 0) is 31.2 Å². The van der Waals surface area contributed by atoms with E-state index in [9.17, 15) is 9.59 Å². The smallest absolute Gasteiger partial charge is 0.303 e. The Bertz CT molecular complexity index is 517. The number of carbonyl (C=O) groups is 2. The Morgan fingerprint density at radius 2 is 2.05 bits per heavy atom. The lowest BCUT2D eigenvalue weighted by molar-refractivity contribution is -0.139. The molecule has 0 unspecified atom stereocenters. The van der Waals surface area contributed by atoms with Crippen LogP contribution in [0.5, 0.6) is 0 Å². The third kappa shape index (κ3) is 2.39. The lowest BCUT2D eigenvalue weighted by Gasteiger charge is -2.38. The molecule has 1 aromatic rings. The second-order valence-electron chi connectivity index (χ2n) is 5.43. The third-order valence-corrected chi connectivity index (χ3v) is 5.09. The normalized spacial score (nSPS) is 18.8. The van der Waals surface area contributed by atoms with Gasteiger partial charge in [0, 0.05) is 29.3 Å². The molecule has 19 heavy (non-hydrogen) atoms. The first-order valence-corrected chi connectivity index (χ1v) is 7.63. The number of aryl methyl sites for hydroxylation is 1. The van der Waals surface area contributed by atoms with Gasteiger partial charge in [0.1, 0.15) is 0 Å². The number of hydrogen-bond acceptors (Lipinski definition) is 3. The Labute approximate surface area is 116 Å². The van der Waals surface area contributed by atoms with Crippen molar-refractivity contribution in [1.29, 1.82) is 0 Å². The summed E-state index contributed by atoms with van der Waals surface area (Å²) in [5, 5.41) is 10.7. The van der Waals surface area contributed by atoms with Crippen LogP contribution >= 0.6 is 11.3 Å². The second-order valence-corrected chi connectivity index (χ2v) is 6.40. The van der Waals surface area contributed by atoms with Gasteiger partial charge in [0.2, 0.25) is 0 Å². The van der Waals surface area contributed by atoms with E-state index in [0.717, 1.165) is 18.4 Å². The number of rotatable bonds is 3. The van der Waals surface area contributed by atoms with Crippen molar-refractivity contribution in [3.63, 3.8) is 0 Å². The number of carboxylic acids is 1. The van der Waals surface area contributed by atoms with Crippen molar-refractivity contribution >= 4 is 23.2 Å². The Balaban J connectivity index is 1.66. The van der Waals surface area contributed by atoms with Gasteiger partial charge in [0.05, 0.1) is 12.0 Å². The van der Waals surface area contributed by atoms with E-state index < -0.39 is 5.97 Å². The van der Waals surface area contributed by atoms with Gasteiger partial charge in [-0.2, -0.15) is 0 Å². The summed E-state index contributed by atoms with van der Waals surface area (Å²) < 4.78 is 0. The van der Waals surface area contributed by atoms with Crippen molar-refractivity contribution < 1.29 is 14.7 Å². The SMILES string of the molecule is O=C(O)CC1CN(C(=O)c2csc3c2CCCC3)C1. The highest BCUT2D eigenvalue weighted by molar-refractivity contribution is 7.10. The van der Waals surface area contributed by atoms with Crippen molar-refractivity contribution in [2.75, 3.05) is 13.1 Å². The van der Waals surface area contributed by atoms with Gasteiger partial charge in [-0.25, -0.2) is 0 Å². The van der Waals surface area contributed by atoms with Gasteiger partial charge in [-0.15, -0.1) is 11.3 Å². The van der Waals surface area contributed by atoms with Crippen LogP contribution in [0.3, 0.4) is 0 Å². The molecule has 1 N–H and O–H groups in total. The van der Waals surface area contributed by atoms with Crippen molar-refractivity contribution in [2.24, 2.45) is 5.92 Å². The Hall–Kier alpha value is -1.36. The van der Waals surface area contributed by atoms with Gasteiger partial charge in [-0.3, -0.25) is 9.59 Å². The number of fused-ring (bicyclic) bond motifs is 1. The van der Waals surface area contributed by atoms with Crippen LogP contribution < -0.4 is 0 Å². The molecule has 1 amide bonds. The minimum absolute atomic E-state index is 0.0982. The molecular formula is C14H17NO3S. The van der Waals surface area contributed by atoms with E-state index in [2.05, 4.69) is 0 Å². The maximum absolute atomic E-state index is 12.4. The summed E-state index contributed by atoms with van der Waals surface area (Å²) in [5.41, 5.74) is 2.12. The fourth-order valence-corrected chi connectivity index (χ4v) is 4.07. The first-order valence-electron chi connectivity index (χ1n) is 6.75. The molecule has 0 atom stereocenters. The molecule has 1 aliphatic heterocycles. The summed E-state index contributed by atoms with van der Waals surface area (Å²) in [6, 6.07) is 0. The maximum atomic E-state index is 12.4. The van der Waals surface area contributed by atoms with Crippen molar-refractivity contribution in [2.45, 2.75) is 32.1 Å². The molecule has 0 saturated carbocycles. The van der Waals surface area contributed by atoms with Crippen LogP contribution in [0, 0.1) is 5.92 Å². The molecule has 1 aliphatic carbocycles. The van der Waals surface area contributed by atoms with Crippen LogP contribution in [0.25, 0.3) is 0 Å². The largest absolute Gasteiger partial charge is 0.481 e. The number of amides is 1. The molecule has 2 aliphatic rings. The van der Waals surface area contributed by atoms with E-state index in [1.165, 1.54) is 23.3 Å². The highest BCUT2D eigenvalue weighted by Crippen LogP contribution is 2.32. The van der Waals surface area contributed by atoms with Crippen LogP contribution in [0.4, 0.5) is 0 Å². The van der Waals surface area contributed by atoms with E-state index in [0.29, 0.717) is 13.1 Å². The summed E-state index contributed by atoms with van der Waals surface area (Å²) >= 11 is 1.70. The van der Waals surface area contributed by atoms with Crippen LogP contribution in [0.1, 0.15) is 40.1 Å². The van der Waals surface area contributed by atoms with Crippen molar-refractivity contribution in [1.82, 2.24) is 4.90 Å². The standard InChI is InChI=1S/C14H17NO3S/c16-13(17)5-9-6-15(7-9)14(18)11-8-19-12-4-2-1-3-10(11)12/h8-9H,1-7H2,(H,16,17). The monoisotopic (exact) mass is 279 g/mol. The predicted molar refractivity (Wildman–Crippen MR) is 72.6 cm³/mol. The van der Waals surface area contributed by atoms with Gasteiger partial charge in [-0.1, -0.05) is 0 Å². The second kappa shape index (κ2) is 4.96. The van der Waals surface area contributed by atoms with E-state index in [4.69, 9.17) is 5.11 Å². The molecule has 0 aromatic carbocycles. The summed E-state index contributed by atoms with van der Waals surface area (Å²) in [6.07, 6.45) is 4.70. The quantitative estimate of drug-likeness (QED) is 0.922. The number of aliphatic carboxylic acids is 1. The van der Waals surface area contributed by atoms with E-state index in [1.54, 1.807) is 16.2 Å². The van der Waals surface area contributed by atoms with E-state index >= 15 is 0 Å². The zero-order valence-electron chi connectivity index (χ0n) is 10.7. The number of thiophene rings is 1. The highest BCUT2D eigenvalue weighted by atomic mass is 32.1. The molecule has 0 radical (unpaired) electrons. The zero-order chi connectivity index (χ0) is 13.4. The van der Waals surface area contributed by atoms with Gasteiger partial charge in [0.25, 0.3) is 5.91 Å². The lowest BCUT2D eigenvalue weighted by atomic mass is 9.92. The fraction of sp³-hybridized carbons (Fsp3) is 0.571. The topological polar surface area (TPSA) is 57.6 Å². The number of hydrogen-bond donors (Lipinski definition) is 1. The Kier molecular flexibility index (Phi) is 3.31. The number of nitrogens with zero attached hydrogens (tertiary/aromatic N) is 1. The predicted octanol–water partition coefficient (Wildman–Crippen LogP) is 2.17. The lowest BCUT2D eigenvalue weighted by Crippen LogP contribution is -2.50. The minimum atomic E-state index is -0.773. The maximum Gasteiger partial charge on any atom is 0.303 e. The molecule has 0 bridgehead atoms. The molecular weight excluding hydrogens is 262 g/mol. The van der Waals surface area contributed by atoms with Gasteiger partial charge < -0.3 is 10.0 Å². The molecule has 4 nitrogen and oxygen atoms in total. The summed E-state index contributed by atoms with van der Waals surface area (Å²) in [5.74, 6) is -0.540. The molecule has 2 heterocycles. The first kappa shape index (κ1) is 12.7. The molecule has 1 saturated heterocycles. The molecule has 102 valence electrons. The fourth-order valence-electron chi connectivity index (χ4n) is 2.96. The third-order valence-electron chi connectivity index (χ3n) is 4.00. The summed E-state index contributed by atoms with van der Waals surface area (Å²) in [6.45, 7) is 1.19. The van der Waals surface area contributed by atoms with Crippen LogP contribution in [0.15, 0.2) is 5.38 Å². The van der Waals surface area contributed by atoms with E-state index in [1.807, 2.05) is 5.38 Å². The van der Waals surface area contributed by atoms with Gasteiger partial charge in [0.15, 0.2) is 0 Å². The van der Waals surface area contributed by atoms with E-state index in [-0.39, 0.29) is 18.2 Å². The highest BCUT2D eigenvalue weighted by Gasteiger charge is 2.34. The zero-order valence-corrected chi connectivity index (χ0v) is 11.5. The Morgan fingerprint density at radius 3 is 2.79 bits per heavy atom. The molecule has 3 rings (SSSR count).